The molecular weight excluding hydrogens is 625 g/mol. The van der Waals surface area contributed by atoms with Crippen molar-refractivity contribution >= 4 is 11.2 Å². The van der Waals surface area contributed by atoms with Crippen LogP contribution in [0.1, 0.15) is 286 Å². The molecule has 2 heteroatoms. The molecule has 0 aromatic carbocycles. The summed E-state index contributed by atoms with van der Waals surface area (Å²) in [4.78, 5) is 0. The van der Waals surface area contributed by atoms with E-state index in [0.717, 1.165) is 0 Å². The third kappa shape index (κ3) is 29.7. The fourth-order valence-corrected chi connectivity index (χ4v) is 11.2. The molecule has 0 bridgehead atoms. The van der Waals surface area contributed by atoms with E-state index in [2.05, 4.69) is 41.5 Å². The van der Waals surface area contributed by atoms with E-state index >= 15 is 4.55 Å². The average Bonchev–Trinajstić information content (AvgIpc) is 3.12. The van der Waals surface area contributed by atoms with E-state index in [4.69, 9.17) is 0 Å². The van der Waals surface area contributed by atoms with Crippen LogP contribution in [0.3, 0.4) is 0 Å². The molecule has 0 aromatic heterocycles. The van der Waals surface area contributed by atoms with E-state index in [1.54, 1.807) is 0 Å². The second-order valence-electron chi connectivity index (χ2n) is 16.9. The summed E-state index contributed by atoms with van der Waals surface area (Å²) in [5, 5.41) is 0.872. The number of hydrogen-bond acceptors (Lipinski definition) is 1. The average molecular weight is 723 g/mol. The molecule has 4 atom stereocenters. The van der Waals surface area contributed by atoms with Crippen molar-refractivity contribution < 1.29 is 4.55 Å². The van der Waals surface area contributed by atoms with Crippen molar-refractivity contribution in [3.8, 4) is 0 Å². The van der Waals surface area contributed by atoms with Gasteiger partial charge < -0.3 is 4.55 Å². The van der Waals surface area contributed by atoms with Crippen LogP contribution in [0.5, 0.6) is 0 Å². The van der Waals surface area contributed by atoms with Crippen LogP contribution in [0, 0.1) is 11.8 Å². The van der Waals surface area contributed by atoms with Crippen molar-refractivity contribution in [1.82, 2.24) is 0 Å². The standard InChI is InChI=1S/C48H98OS/c1-7-13-19-25-27-29-31-35-41-45(39-33-21-15-9-3)47(43-37-23-17-11-5)50(49)48(44-38-24-18-12-6)46(40-34-22-16-10-4)42-36-32-30-28-26-20-14-8-2/h45-48H,7-44H2,1-6H3. The minimum atomic E-state index is -0.706. The fourth-order valence-electron chi connectivity index (χ4n) is 8.63. The third-order valence-electron chi connectivity index (χ3n) is 12.0. The van der Waals surface area contributed by atoms with Crippen LogP contribution >= 0.6 is 0 Å². The molecule has 0 N–H and O–H groups in total. The van der Waals surface area contributed by atoms with Crippen LogP contribution in [0.4, 0.5) is 0 Å². The largest absolute Gasteiger partial charge is 0.616 e. The Balaban J connectivity index is 6.02. The predicted molar refractivity (Wildman–Crippen MR) is 232 cm³/mol. The lowest BCUT2D eigenvalue weighted by atomic mass is 9.88. The van der Waals surface area contributed by atoms with E-state index in [-0.39, 0.29) is 0 Å². The molecule has 0 spiro atoms. The second kappa shape index (κ2) is 40.5. The summed E-state index contributed by atoms with van der Waals surface area (Å²) < 4.78 is 15.4. The smallest absolute Gasteiger partial charge is 0.118 e. The maximum absolute atomic E-state index is 15.4. The van der Waals surface area contributed by atoms with Crippen LogP contribution in [0.15, 0.2) is 0 Å². The summed E-state index contributed by atoms with van der Waals surface area (Å²) in [6.45, 7) is 14.0. The summed E-state index contributed by atoms with van der Waals surface area (Å²) in [6, 6.07) is 0. The van der Waals surface area contributed by atoms with Gasteiger partial charge in [0.25, 0.3) is 0 Å². The van der Waals surface area contributed by atoms with Crippen molar-refractivity contribution in [2.45, 2.75) is 296 Å². The van der Waals surface area contributed by atoms with Gasteiger partial charge in [-0.3, -0.25) is 0 Å². The van der Waals surface area contributed by atoms with Gasteiger partial charge in [0, 0.05) is 11.8 Å². The highest BCUT2D eigenvalue weighted by atomic mass is 32.2. The van der Waals surface area contributed by atoms with Gasteiger partial charge in [0.1, 0.15) is 10.5 Å². The fraction of sp³-hybridized carbons (Fsp3) is 1.00. The number of hydrogen-bond donors (Lipinski definition) is 0. The summed E-state index contributed by atoms with van der Waals surface area (Å²) in [7, 11) is 0. The lowest BCUT2D eigenvalue weighted by Crippen LogP contribution is -2.41. The minimum Gasteiger partial charge on any atom is -0.616 e. The lowest BCUT2D eigenvalue weighted by Gasteiger charge is -2.37. The predicted octanol–water partition coefficient (Wildman–Crippen LogP) is 17.6. The van der Waals surface area contributed by atoms with E-state index in [1.807, 2.05) is 0 Å². The first-order valence-electron chi connectivity index (χ1n) is 24.0. The Hall–Kier alpha value is 0.310. The monoisotopic (exact) mass is 723 g/mol. The van der Waals surface area contributed by atoms with Crippen molar-refractivity contribution in [2.24, 2.45) is 11.8 Å². The van der Waals surface area contributed by atoms with Crippen molar-refractivity contribution in [3.63, 3.8) is 0 Å². The molecule has 50 heavy (non-hydrogen) atoms. The molecule has 0 fully saturated rings. The molecule has 0 saturated heterocycles. The molecule has 302 valence electrons. The van der Waals surface area contributed by atoms with Crippen LogP contribution in [-0.2, 0) is 11.2 Å². The van der Waals surface area contributed by atoms with Crippen molar-refractivity contribution in [3.05, 3.63) is 0 Å². The Kier molecular flexibility index (Phi) is 40.7. The summed E-state index contributed by atoms with van der Waals surface area (Å²) in [6.07, 6.45) is 51.6. The summed E-state index contributed by atoms with van der Waals surface area (Å²) in [5.41, 5.74) is 0. The summed E-state index contributed by atoms with van der Waals surface area (Å²) in [5.74, 6) is 1.35. The zero-order valence-corrected chi connectivity index (χ0v) is 36.8. The van der Waals surface area contributed by atoms with Gasteiger partial charge in [-0.25, -0.2) is 0 Å². The zero-order valence-electron chi connectivity index (χ0n) is 36.0. The Labute approximate surface area is 322 Å². The molecular formula is C48H98OS. The van der Waals surface area contributed by atoms with Gasteiger partial charge in [0.2, 0.25) is 0 Å². The van der Waals surface area contributed by atoms with E-state index in [9.17, 15) is 0 Å². The normalized spacial score (nSPS) is 14.9. The highest BCUT2D eigenvalue weighted by Crippen LogP contribution is 2.38. The highest BCUT2D eigenvalue weighted by molar-refractivity contribution is 7.92. The molecule has 0 rings (SSSR count). The maximum Gasteiger partial charge on any atom is 0.118 e. The molecule has 0 aromatic rings. The first-order valence-corrected chi connectivity index (χ1v) is 25.3. The van der Waals surface area contributed by atoms with E-state index in [1.165, 1.54) is 244 Å². The molecule has 0 aliphatic heterocycles. The Morgan fingerprint density at radius 1 is 0.260 bits per heavy atom. The molecule has 0 saturated carbocycles. The minimum absolute atomic E-state index is 0.436. The topological polar surface area (TPSA) is 23.1 Å². The van der Waals surface area contributed by atoms with Gasteiger partial charge >= 0.3 is 0 Å². The van der Waals surface area contributed by atoms with E-state index < -0.39 is 11.2 Å². The Morgan fingerprint density at radius 2 is 0.440 bits per heavy atom. The molecule has 1 nitrogen and oxygen atoms in total. The molecule has 0 amide bonds. The van der Waals surface area contributed by atoms with Gasteiger partial charge in [0.05, 0.1) is 0 Å². The number of unbranched alkanes of at least 4 members (excludes halogenated alkanes) is 26. The number of rotatable bonds is 42. The van der Waals surface area contributed by atoms with Gasteiger partial charge in [-0.15, -0.1) is 0 Å². The quantitative estimate of drug-likeness (QED) is 0.0454. The molecule has 0 aliphatic carbocycles. The highest BCUT2D eigenvalue weighted by Gasteiger charge is 2.39. The van der Waals surface area contributed by atoms with E-state index in [0.29, 0.717) is 22.3 Å². The van der Waals surface area contributed by atoms with Gasteiger partial charge in [0.15, 0.2) is 0 Å². The summed E-state index contributed by atoms with van der Waals surface area (Å²) >= 11 is -0.706. The van der Waals surface area contributed by atoms with Crippen LogP contribution in [0.2, 0.25) is 0 Å². The van der Waals surface area contributed by atoms with Crippen LogP contribution in [0.25, 0.3) is 0 Å². The van der Waals surface area contributed by atoms with Crippen molar-refractivity contribution in [2.75, 3.05) is 0 Å². The second-order valence-corrected chi connectivity index (χ2v) is 18.7. The SMILES string of the molecule is CCCCCCCCCCC(CCCCCC)C(CCCCCC)[S+]([O-])C(CCCCCC)C(CCCCCC)CCCCCCCCCC. The Bertz CT molecular complexity index is 569. The molecule has 0 radical (unpaired) electrons. The van der Waals surface area contributed by atoms with Gasteiger partial charge in [-0.05, 0) is 62.5 Å². The first kappa shape index (κ1) is 50.3. The Morgan fingerprint density at radius 3 is 0.680 bits per heavy atom. The van der Waals surface area contributed by atoms with Gasteiger partial charge in [-0.2, -0.15) is 0 Å². The zero-order chi connectivity index (χ0) is 36.8. The first-order chi connectivity index (χ1) is 24.6. The molecule has 0 heterocycles. The molecule has 0 aliphatic rings. The third-order valence-corrected chi connectivity index (χ3v) is 14.5. The van der Waals surface area contributed by atoms with Crippen LogP contribution in [-0.4, -0.2) is 15.1 Å². The maximum atomic E-state index is 15.4. The van der Waals surface area contributed by atoms with Crippen molar-refractivity contribution in [1.29, 1.82) is 0 Å². The van der Waals surface area contributed by atoms with Crippen LogP contribution < -0.4 is 0 Å². The molecule has 4 unspecified atom stereocenters. The lowest BCUT2D eigenvalue weighted by molar-refractivity contribution is 0.338. The van der Waals surface area contributed by atoms with Gasteiger partial charge in [-0.1, -0.05) is 234 Å².